The molecule has 10 atom stereocenters. The fraction of sp³-hybridized carbons (Fsp3) is 0.935. The van der Waals surface area contributed by atoms with Crippen LogP contribution >= 0.6 is 0 Å². The molecular formula is C31H52O5. The summed E-state index contributed by atoms with van der Waals surface area (Å²) < 4.78 is 11.5. The van der Waals surface area contributed by atoms with E-state index in [2.05, 4.69) is 34.6 Å². The van der Waals surface area contributed by atoms with Gasteiger partial charge in [0, 0.05) is 25.7 Å². The van der Waals surface area contributed by atoms with E-state index in [-0.39, 0.29) is 23.5 Å². The number of hydrogen-bond acceptors (Lipinski definition) is 5. The lowest BCUT2D eigenvalue weighted by Crippen LogP contribution is -2.69. The summed E-state index contributed by atoms with van der Waals surface area (Å²) in [6, 6.07) is 0. The van der Waals surface area contributed by atoms with Crippen LogP contribution in [0.3, 0.4) is 0 Å². The minimum absolute atomic E-state index is 0.308. The quantitative estimate of drug-likeness (QED) is 0.391. The first-order chi connectivity index (χ1) is 16.8. The van der Waals surface area contributed by atoms with Crippen LogP contribution in [-0.4, -0.2) is 34.9 Å². The summed E-state index contributed by atoms with van der Waals surface area (Å²) >= 11 is 0. The summed E-state index contributed by atoms with van der Waals surface area (Å²) in [5.74, 6) is 3.15. The number of carbonyl (C=O) groups excluding carboxylic acids is 2. The van der Waals surface area contributed by atoms with Gasteiger partial charge >= 0.3 is 11.9 Å². The zero-order valence-electron chi connectivity index (χ0n) is 24.0. The molecule has 0 bridgehead atoms. The van der Waals surface area contributed by atoms with E-state index in [1.165, 1.54) is 52.4 Å². The zero-order valence-corrected chi connectivity index (χ0v) is 24.0. The number of ether oxygens (including phenoxy) is 2. The maximum atomic E-state index is 12.3. The molecule has 0 aromatic carbocycles. The van der Waals surface area contributed by atoms with Gasteiger partial charge in [-0.2, -0.15) is 0 Å². The highest BCUT2D eigenvalue weighted by Gasteiger charge is 2.68. The summed E-state index contributed by atoms with van der Waals surface area (Å²) in [6.45, 7) is 14.8. The topological polar surface area (TPSA) is 72.8 Å². The third kappa shape index (κ3) is 4.76. The van der Waals surface area contributed by atoms with Gasteiger partial charge in [0.25, 0.3) is 0 Å². The Morgan fingerprint density at radius 1 is 0.917 bits per heavy atom. The van der Waals surface area contributed by atoms with Crippen LogP contribution < -0.4 is 0 Å². The van der Waals surface area contributed by atoms with Gasteiger partial charge in [0.05, 0.1) is 0 Å². The smallest absolute Gasteiger partial charge is 0.303 e. The summed E-state index contributed by atoms with van der Waals surface area (Å²) in [7, 11) is 0. The number of hydrogen-bond donors (Lipinski definition) is 1. The Morgan fingerprint density at radius 2 is 1.61 bits per heavy atom. The van der Waals surface area contributed by atoms with Crippen LogP contribution in [-0.2, 0) is 19.1 Å². The molecule has 0 aromatic heterocycles. The van der Waals surface area contributed by atoms with E-state index < -0.39 is 11.7 Å². The van der Waals surface area contributed by atoms with Gasteiger partial charge in [0.15, 0.2) is 0 Å². The highest BCUT2D eigenvalue weighted by atomic mass is 16.6. The van der Waals surface area contributed by atoms with Crippen molar-refractivity contribution in [3.8, 4) is 0 Å². The van der Waals surface area contributed by atoms with E-state index in [0.29, 0.717) is 29.6 Å². The molecule has 206 valence electrons. The molecule has 4 aliphatic rings. The first-order valence-corrected chi connectivity index (χ1v) is 14.9. The molecule has 0 amide bonds. The maximum Gasteiger partial charge on any atom is 0.303 e. The van der Waals surface area contributed by atoms with Crippen LogP contribution in [0.5, 0.6) is 0 Å². The Kier molecular flexibility index (Phi) is 7.93. The van der Waals surface area contributed by atoms with Gasteiger partial charge in [0.2, 0.25) is 0 Å². The Bertz CT molecular complexity index is 824. The van der Waals surface area contributed by atoms with Crippen molar-refractivity contribution >= 4 is 11.9 Å². The predicted octanol–water partition coefficient (Wildman–Crippen LogP) is 6.70. The summed E-state index contributed by atoms with van der Waals surface area (Å²) in [5.41, 5.74) is -1.16. The van der Waals surface area contributed by atoms with E-state index in [0.717, 1.165) is 43.4 Å². The van der Waals surface area contributed by atoms with Gasteiger partial charge in [-0.3, -0.25) is 9.59 Å². The molecule has 0 aromatic rings. The van der Waals surface area contributed by atoms with E-state index >= 15 is 0 Å². The minimum Gasteiger partial charge on any atom is -0.462 e. The van der Waals surface area contributed by atoms with Crippen molar-refractivity contribution in [2.45, 2.75) is 137 Å². The standard InChI is InChI=1S/C31H52O5/c1-19(2)9-8-10-20(3)25-11-12-26-24-17-28(36-22(5)33)31(34)18-23(35-21(4)32)13-16-30(31,7)27(24)14-15-29(25,26)6/h19-20,23-28,34H,8-18H2,1-7H3/t20-,23-,24+,25-,26-,27-,28+,29+,30-,31+/m1/s1. The second-order valence-electron chi connectivity index (χ2n) is 14.1. The van der Waals surface area contributed by atoms with Gasteiger partial charge in [-0.25, -0.2) is 0 Å². The SMILES string of the molecule is CC(=O)O[C@@H]1CC[C@]2(C)[C@@H]3CC[C@]4(C)[C@H](CC[C@@H]4[C@H](C)CCCC(C)C)[C@@H]3C[C@H](OC(C)=O)[C@@]2(O)C1. The second kappa shape index (κ2) is 10.2. The summed E-state index contributed by atoms with van der Waals surface area (Å²) in [6.07, 6.45) is 10.7. The molecule has 5 nitrogen and oxygen atoms in total. The Labute approximate surface area is 219 Å². The van der Waals surface area contributed by atoms with Crippen LogP contribution in [0, 0.1) is 46.3 Å². The number of rotatable bonds is 7. The molecule has 0 spiro atoms. The molecule has 0 radical (unpaired) electrons. The molecule has 5 heteroatoms. The molecule has 4 fully saturated rings. The normalized spacial score (nSPS) is 44.8. The summed E-state index contributed by atoms with van der Waals surface area (Å²) in [5, 5.41) is 12.3. The Balaban J connectivity index is 1.59. The first-order valence-electron chi connectivity index (χ1n) is 14.9. The van der Waals surface area contributed by atoms with Crippen LogP contribution in [0.4, 0.5) is 0 Å². The summed E-state index contributed by atoms with van der Waals surface area (Å²) in [4.78, 5) is 23.9. The Hall–Kier alpha value is -1.10. The van der Waals surface area contributed by atoms with Crippen molar-refractivity contribution in [2.24, 2.45) is 46.3 Å². The molecule has 0 unspecified atom stereocenters. The lowest BCUT2D eigenvalue weighted by molar-refractivity contribution is -0.271. The molecule has 4 rings (SSSR count). The largest absolute Gasteiger partial charge is 0.462 e. The monoisotopic (exact) mass is 504 g/mol. The van der Waals surface area contributed by atoms with Gasteiger partial charge < -0.3 is 14.6 Å². The molecule has 1 N–H and O–H groups in total. The van der Waals surface area contributed by atoms with Crippen molar-refractivity contribution in [1.29, 1.82) is 0 Å². The van der Waals surface area contributed by atoms with Crippen LogP contribution in [0.15, 0.2) is 0 Å². The van der Waals surface area contributed by atoms with E-state index in [9.17, 15) is 14.7 Å². The number of carbonyl (C=O) groups is 2. The predicted molar refractivity (Wildman–Crippen MR) is 141 cm³/mol. The minimum atomic E-state index is -1.16. The van der Waals surface area contributed by atoms with E-state index in [1.807, 2.05) is 0 Å². The Morgan fingerprint density at radius 3 is 2.25 bits per heavy atom. The van der Waals surface area contributed by atoms with Crippen molar-refractivity contribution in [3.63, 3.8) is 0 Å². The second-order valence-corrected chi connectivity index (χ2v) is 14.1. The molecule has 0 heterocycles. The van der Waals surface area contributed by atoms with Crippen molar-refractivity contribution < 1.29 is 24.2 Å². The molecule has 4 saturated carbocycles. The van der Waals surface area contributed by atoms with E-state index in [1.54, 1.807) is 0 Å². The molecule has 0 saturated heterocycles. The van der Waals surface area contributed by atoms with Crippen molar-refractivity contribution in [3.05, 3.63) is 0 Å². The highest BCUT2D eigenvalue weighted by molar-refractivity contribution is 5.66. The van der Waals surface area contributed by atoms with Crippen LogP contribution in [0.1, 0.15) is 119 Å². The lowest BCUT2D eigenvalue weighted by atomic mass is 9.42. The molecule has 4 aliphatic carbocycles. The van der Waals surface area contributed by atoms with Crippen LogP contribution in [0.2, 0.25) is 0 Å². The van der Waals surface area contributed by atoms with Gasteiger partial charge in [-0.1, -0.05) is 53.9 Å². The lowest BCUT2D eigenvalue weighted by Gasteiger charge is -2.65. The van der Waals surface area contributed by atoms with Gasteiger partial charge in [0.1, 0.15) is 17.8 Å². The molecular weight excluding hydrogens is 452 g/mol. The van der Waals surface area contributed by atoms with Crippen molar-refractivity contribution in [2.75, 3.05) is 0 Å². The fourth-order valence-corrected chi connectivity index (χ4v) is 9.92. The average molecular weight is 505 g/mol. The fourth-order valence-electron chi connectivity index (χ4n) is 9.92. The number of fused-ring (bicyclic) bond motifs is 5. The zero-order chi connectivity index (χ0) is 26.5. The third-order valence-electron chi connectivity index (χ3n) is 11.6. The number of esters is 2. The highest BCUT2D eigenvalue weighted by Crippen LogP contribution is 2.69. The molecule has 36 heavy (non-hydrogen) atoms. The maximum absolute atomic E-state index is 12.3. The van der Waals surface area contributed by atoms with Crippen molar-refractivity contribution in [1.82, 2.24) is 0 Å². The van der Waals surface area contributed by atoms with Gasteiger partial charge in [-0.05, 0) is 85.9 Å². The molecule has 0 aliphatic heterocycles. The van der Waals surface area contributed by atoms with Crippen LogP contribution in [0.25, 0.3) is 0 Å². The third-order valence-corrected chi connectivity index (χ3v) is 11.6. The van der Waals surface area contributed by atoms with Gasteiger partial charge in [-0.15, -0.1) is 0 Å². The van der Waals surface area contributed by atoms with E-state index in [4.69, 9.17) is 9.47 Å². The first kappa shape index (κ1) is 27.9. The number of aliphatic hydroxyl groups is 1. The average Bonchev–Trinajstić information content (AvgIpc) is 3.12.